The molecular weight excluding hydrogens is 326 g/mol. The second-order valence-corrected chi connectivity index (χ2v) is 6.70. The summed E-state index contributed by atoms with van der Waals surface area (Å²) in [6, 6.07) is 8.76. The van der Waals surface area contributed by atoms with E-state index < -0.39 is 0 Å². The summed E-state index contributed by atoms with van der Waals surface area (Å²) < 4.78 is 1.78. The van der Waals surface area contributed by atoms with Gasteiger partial charge in [0.05, 0.1) is 6.20 Å². The van der Waals surface area contributed by atoms with Crippen molar-refractivity contribution in [2.75, 3.05) is 29.9 Å². The zero-order valence-corrected chi connectivity index (χ0v) is 15.0. The lowest BCUT2D eigenvalue weighted by Crippen LogP contribution is -2.44. The Morgan fingerprint density at radius 3 is 2.65 bits per heavy atom. The number of nitrogens with zero attached hydrogens (tertiary/aromatic N) is 7. The number of hydrogen-bond donors (Lipinski definition) is 0. The fraction of sp³-hybridized carbons (Fsp3) is 0.368. The van der Waals surface area contributed by atoms with Crippen LogP contribution in [0, 0.1) is 18.3 Å². The highest BCUT2D eigenvalue weighted by molar-refractivity contribution is 5.59. The van der Waals surface area contributed by atoms with Crippen LogP contribution in [0.4, 0.5) is 11.5 Å². The number of aromatic nitrogens is 4. The van der Waals surface area contributed by atoms with Crippen LogP contribution in [0.5, 0.6) is 0 Å². The Kier molecular flexibility index (Phi) is 4.17. The van der Waals surface area contributed by atoms with Crippen molar-refractivity contribution in [2.24, 2.45) is 0 Å². The summed E-state index contributed by atoms with van der Waals surface area (Å²) >= 11 is 0. The van der Waals surface area contributed by atoms with E-state index in [0.29, 0.717) is 17.3 Å². The molecule has 0 atom stereocenters. The van der Waals surface area contributed by atoms with Crippen LogP contribution in [-0.4, -0.2) is 45.8 Å². The van der Waals surface area contributed by atoms with Crippen molar-refractivity contribution in [3.63, 3.8) is 0 Å². The molecule has 0 bridgehead atoms. The number of fused-ring (bicyclic) bond motifs is 1. The van der Waals surface area contributed by atoms with E-state index in [0.717, 1.165) is 37.4 Å². The smallest absolute Gasteiger partial charge is 0.175 e. The summed E-state index contributed by atoms with van der Waals surface area (Å²) in [7, 11) is 2.11. The molecule has 0 unspecified atom stereocenters. The third-order valence-corrected chi connectivity index (χ3v) is 5.10. The molecule has 0 amide bonds. The SMILES string of the molecule is Cc1cc(N(C)C2CCN(c3ccncc3)CC2)n2ncc(C#N)c2n1. The highest BCUT2D eigenvalue weighted by atomic mass is 15.4. The van der Waals surface area contributed by atoms with Crippen molar-refractivity contribution in [3.05, 3.63) is 48.0 Å². The minimum absolute atomic E-state index is 0.424. The van der Waals surface area contributed by atoms with E-state index in [2.05, 4.69) is 50.1 Å². The van der Waals surface area contributed by atoms with Gasteiger partial charge in [-0.2, -0.15) is 14.9 Å². The van der Waals surface area contributed by atoms with Crippen LogP contribution in [0.25, 0.3) is 5.65 Å². The molecule has 1 aliphatic rings. The van der Waals surface area contributed by atoms with Gasteiger partial charge in [-0.25, -0.2) is 4.98 Å². The lowest BCUT2D eigenvalue weighted by atomic mass is 10.0. The molecule has 7 heteroatoms. The van der Waals surface area contributed by atoms with E-state index in [1.54, 1.807) is 10.7 Å². The molecule has 4 rings (SSSR count). The molecule has 26 heavy (non-hydrogen) atoms. The molecule has 0 aliphatic carbocycles. The number of aryl methyl sites for hydroxylation is 1. The number of hydrogen-bond acceptors (Lipinski definition) is 6. The largest absolute Gasteiger partial charge is 0.371 e. The lowest BCUT2D eigenvalue weighted by Gasteiger charge is -2.38. The number of rotatable bonds is 3. The van der Waals surface area contributed by atoms with Crippen LogP contribution in [0.2, 0.25) is 0 Å². The summed E-state index contributed by atoms with van der Waals surface area (Å²) in [5, 5.41) is 13.6. The highest BCUT2D eigenvalue weighted by Gasteiger charge is 2.25. The predicted octanol–water partition coefficient (Wildman–Crippen LogP) is 2.41. The van der Waals surface area contributed by atoms with Gasteiger partial charge >= 0.3 is 0 Å². The van der Waals surface area contributed by atoms with Crippen LogP contribution in [0.15, 0.2) is 36.8 Å². The molecule has 7 nitrogen and oxygen atoms in total. The van der Waals surface area contributed by atoms with Crippen LogP contribution in [0.1, 0.15) is 24.1 Å². The summed E-state index contributed by atoms with van der Waals surface area (Å²) in [6.45, 7) is 3.97. The topological polar surface area (TPSA) is 73.3 Å². The Morgan fingerprint density at radius 2 is 1.96 bits per heavy atom. The van der Waals surface area contributed by atoms with Crippen LogP contribution >= 0.6 is 0 Å². The summed E-state index contributed by atoms with van der Waals surface area (Å²) in [6.07, 6.45) is 7.40. The molecule has 0 N–H and O–H groups in total. The van der Waals surface area contributed by atoms with Gasteiger partial charge in [0.25, 0.3) is 0 Å². The van der Waals surface area contributed by atoms with E-state index in [1.807, 2.05) is 25.4 Å². The molecule has 132 valence electrons. The molecule has 0 aromatic carbocycles. The maximum absolute atomic E-state index is 9.26. The second kappa shape index (κ2) is 6.64. The van der Waals surface area contributed by atoms with Gasteiger partial charge in [0.2, 0.25) is 0 Å². The Bertz CT molecular complexity index is 949. The maximum atomic E-state index is 9.26. The van der Waals surface area contributed by atoms with Gasteiger partial charge in [-0.3, -0.25) is 4.98 Å². The van der Waals surface area contributed by atoms with Gasteiger partial charge in [0.15, 0.2) is 5.65 Å². The van der Waals surface area contributed by atoms with E-state index in [4.69, 9.17) is 0 Å². The molecular formula is C19H21N7. The van der Waals surface area contributed by atoms with Crippen molar-refractivity contribution in [3.8, 4) is 6.07 Å². The summed E-state index contributed by atoms with van der Waals surface area (Å²) in [5.41, 5.74) is 3.26. The van der Waals surface area contributed by atoms with Gasteiger partial charge in [-0.15, -0.1) is 0 Å². The number of pyridine rings is 1. The van der Waals surface area contributed by atoms with Crippen LogP contribution in [0.3, 0.4) is 0 Å². The van der Waals surface area contributed by atoms with Gasteiger partial charge in [0.1, 0.15) is 17.5 Å². The van der Waals surface area contributed by atoms with Crippen molar-refractivity contribution >= 4 is 17.2 Å². The molecule has 3 aromatic rings. The standard InChI is InChI=1S/C19H21N7/c1-14-11-18(26-19(23-14)15(12-20)13-22-26)24(2)16-5-9-25(10-6-16)17-3-7-21-8-4-17/h3-4,7-8,11,13,16H,5-6,9-10H2,1-2H3. The Balaban J connectivity index is 1.56. The van der Waals surface area contributed by atoms with Crippen LogP contribution in [-0.2, 0) is 0 Å². The average molecular weight is 347 g/mol. The Labute approximate surface area is 152 Å². The Hall–Kier alpha value is -3.14. The summed E-state index contributed by atoms with van der Waals surface area (Å²) in [5.74, 6) is 0.983. The molecule has 1 saturated heterocycles. The third-order valence-electron chi connectivity index (χ3n) is 5.10. The van der Waals surface area contributed by atoms with Gasteiger partial charge < -0.3 is 9.80 Å². The second-order valence-electron chi connectivity index (χ2n) is 6.70. The monoisotopic (exact) mass is 347 g/mol. The van der Waals surface area contributed by atoms with Crippen LogP contribution < -0.4 is 9.80 Å². The molecule has 3 aromatic heterocycles. The van der Waals surface area contributed by atoms with Crippen molar-refractivity contribution in [2.45, 2.75) is 25.8 Å². The van der Waals surface area contributed by atoms with E-state index in [1.165, 1.54) is 5.69 Å². The quantitative estimate of drug-likeness (QED) is 0.724. The molecule has 4 heterocycles. The molecule has 0 radical (unpaired) electrons. The first-order valence-corrected chi connectivity index (χ1v) is 8.80. The van der Waals surface area contributed by atoms with Gasteiger partial charge in [0, 0.05) is 56.0 Å². The van der Waals surface area contributed by atoms with Gasteiger partial charge in [-0.05, 0) is 31.9 Å². The molecule has 0 saturated carbocycles. The molecule has 1 fully saturated rings. The third kappa shape index (κ3) is 2.84. The lowest BCUT2D eigenvalue weighted by molar-refractivity contribution is 0.478. The normalized spacial score (nSPS) is 15.2. The zero-order chi connectivity index (χ0) is 18.1. The molecule has 0 spiro atoms. The highest BCUT2D eigenvalue weighted by Crippen LogP contribution is 2.26. The average Bonchev–Trinajstić information content (AvgIpc) is 3.10. The number of nitriles is 1. The maximum Gasteiger partial charge on any atom is 0.175 e. The van der Waals surface area contributed by atoms with E-state index in [-0.39, 0.29) is 0 Å². The van der Waals surface area contributed by atoms with Gasteiger partial charge in [-0.1, -0.05) is 0 Å². The van der Waals surface area contributed by atoms with Crippen molar-refractivity contribution in [1.82, 2.24) is 19.6 Å². The number of piperidine rings is 1. The first kappa shape index (κ1) is 16.3. The van der Waals surface area contributed by atoms with E-state index >= 15 is 0 Å². The minimum Gasteiger partial charge on any atom is -0.371 e. The molecule has 1 aliphatic heterocycles. The first-order valence-electron chi connectivity index (χ1n) is 8.80. The fourth-order valence-corrected chi connectivity index (χ4v) is 3.65. The first-order chi connectivity index (χ1) is 12.7. The van der Waals surface area contributed by atoms with E-state index in [9.17, 15) is 5.26 Å². The number of anilines is 2. The zero-order valence-electron chi connectivity index (χ0n) is 15.0. The fourth-order valence-electron chi connectivity index (χ4n) is 3.65. The summed E-state index contributed by atoms with van der Waals surface area (Å²) in [4.78, 5) is 13.3. The minimum atomic E-state index is 0.424. The van der Waals surface area contributed by atoms with Crippen molar-refractivity contribution < 1.29 is 0 Å². The Morgan fingerprint density at radius 1 is 1.23 bits per heavy atom. The van der Waals surface area contributed by atoms with Crippen molar-refractivity contribution in [1.29, 1.82) is 5.26 Å². The predicted molar refractivity (Wildman–Crippen MR) is 100 cm³/mol.